The fourth-order valence-electron chi connectivity index (χ4n) is 1.87. The Bertz CT molecular complexity index is 196. The summed E-state index contributed by atoms with van der Waals surface area (Å²) in [5.74, 6) is 0. The van der Waals surface area contributed by atoms with E-state index in [2.05, 4.69) is 26.0 Å². The van der Waals surface area contributed by atoms with Gasteiger partial charge in [0.1, 0.15) is 0 Å². The molecule has 0 aromatic heterocycles. The van der Waals surface area contributed by atoms with Gasteiger partial charge in [-0.15, -0.1) is 0 Å². The van der Waals surface area contributed by atoms with Crippen molar-refractivity contribution in [1.29, 1.82) is 0 Å². The molecule has 0 radical (unpaired) electrons. The molecule has 0 heterocycles. The fourth-order valence-corrected chi connectivity index (χ4v) is 1.87. The summed E-state index contributed by atoms with van der Waals surface area (Å²) in [7, 11) is 0. The third-order valence-electron chi connectivity index (χ3n) is 2.77. The van der Waals surface area contributed by atoms with Crippen molar-refractivity contribution in [1.82, 2.24) is 0 Å². The topological polar surface area (TPSA) is 0 Å². The highest BCUT2D eigenvalue weighted by atomic mass is 14.1. The summed E-state index contributed by atoms with van der Waals surface area (Å²) in [5, 5.41) is 0. The number of allylic oxidation sites excluding steroid dienone is 4. The molecule has 0 aromatic rings. The third kappa shape index (κ3) is 3.38. The van der Waals surface area contributed by atoms with Gasteiger partial charge in [-0.1, -0.05) is 44.4 Å². The van der Waals surface area contributed by atoms with Gasteiger partial charge < -0.3 is 0 Å². The van der Waals surface area contributed by atoms with Crippen molar-refractivity contribution in [3.63, 3.8) is 0 Å². The van der Waals surface area contributed by atoms with Crippen LogP contribution < -0.4 is 0 Å². The van der Waals surface area contributed by atoms with Gasteiger partial charge in [-0.2, -0.15) is 0 Å². The minimum absolute atomic E-state index is 1.24. The van der Waals surface area contributed by atoms with Crippen molar-refractivity contribution in [2.45, 2.75) is 58.8 Å². The van der Waals surface area contributed by atoms with Gasteiger partial charge in [0.05, 0.1) is 0 Å². The fraction of sp³-hybridized carbons (Fsp3) is 0.692. The molecule has 74 valence electrons. The number of rotatable bonds is 6. The molecule has 1 aliphatic rings. The molecule has 1 aliphatic carbocycles. The minimum atomic E-state index is 1.24. The van der Waals surface area contributed by atoms with Gasteiger partial charge in [-0.05, 0) is 37.7 Å². The molecule has 0 atom stereocenters. The lowest BCUT2D eigenvalue weighted by Gasteiger charge is -2.05. The van der Waals surface area contributed by atoms with Crippen molar-refractivity contribution < 1.29 is 0 Å². The first kappa shape index (κ1) is 10.6. The number of hydrogen-bond acceptors (Lipinski definition) is 0. The van der Waals surface area contributed by atoms with E-state index in [1.807, 2.05) is 0 Å². The Morgan fingerprint density at radius 2 is 1.77 bits per heavy atom. The van der Waals surface area contributed by atoms with E-state index in [1.165, 1.54) is 44.9 Å². The maximum absolute atomic E-state index is 2.35. The van der Waals surface area contributed by atoms with Crippen molar-refractivity contribution in [3.8, 4) is 0 Å². The SMILES string of the molecule is CCCCC1=C(CCCC)CC=C1. The van der Waals surface area contributed by atoms with Crippen molar-refractivity contribution >= 4 is 0 Å². The van der Waals surface area contributed by atoms with E-state index >= 15 is 0 Å². The molecule has 0 saturated heterocycles. The van der Waals surface area contributed by atoms with Crippen LogP contribution in [0.2, 0.25) is 0 Å². The van der Waals surface area contributed by atoms with Crippen LogP contribution in [0, 0.1) is 0 Å². The van der Waals surface area contributed by atoms with E-state index in [9.17, 15) is 0 Å². The van der Waals surface area contributed by atoms with E-state index in [4.69, 9.17) is 0 Å². The van der Waals surface area contributed by atoms with E-state index in [1.54, 1.807) is 11.1 Å². The first-order chi connectivity index (χ1) is 6.38. The molecule has 1 rings (SSSR count). The van der Waals surface area contributed by atoms with Gasteiger partial charge in [-0.3, -0.25) is 0 Å². The molecule has 0 aliphatic heterocycles. The summed E-state index contributed by atoms with van der Waals surface area (Å²) in [4.78, 5) is 0. The van der Waals surface area contributed by atoms with E-state index in [-0.39, 0.29) is 0 Å². The highest BCUT2D eigenvalue weighted by Gasteiger charge is 2.07. The van der Waals surface area contributed by atoms with Crippen molar-refractivity contribution in [2.75, 3.05) is 0 Å². The van der Waals surface area contributed by atoms with Gasteiger partial charge in [-0.25, -0.2) is 0 Å². The van der Waals surface area contributed by atoms with Gasteiger partial charge in [0.2, 0.25) is 0 Å². The Morgan fingerprint density at radius 1 is 1.08 bits per heavy atom. The molecule has 0 N–H and O–H groups in total. The van der Waals surface area contributed by atoms with E-state index in [0.717, 1.165) is 0 Å². The smallest absolute Gasteiger partial charge is 0.0130 e. The molecule has 13 heavy (non-hydrogen) atoms. The second kappa shape index (κ2) is 6.01. The summed E-state index contributed by atoms with van der Waals surface area (Å²) >= 11 is 0. The molecule has 0 spiro atoms. The highest BCUT2D eigenvalue weighted by molar-refractivity contribution is 5.33. The Kier molecular flexibility index (Phi) is 4.88. The number of hydrogen-bond donors (Lipinski definition) is 0. The summed E-state index contributed by atoms with van der Waals surface area (Å²) in [6.07, 6.45) is 13.9. The largest absolute Gasteiger partial charge is 0.0802 e. The predicted octanol–water partition coefficient (Wildman–Crippen LogP) is 4.62. The predicted molar refractivity (Wildman–Crippen MR) is 59.8 cm³/mol. The second-order valence-electron chi connectivity index (χ2n) is 3.94. The monoisotopic (exact) mass is 178 g/mol. The average Bonchev–Trinajstić information content (AvgIpc) is 2.59. The van der Waals surface area contributed by atoms with Crippen LogP contribution in [0.1, 0.15) is 58.8 Å². The molecule has 0 amide bonds. The quantitative estimate of drug-likeness (QED) is 0.556. The van der Waals surface area contributed by atoms with Gasteiger partial charge in [0.15, 0.2) is 0 Å². The average molecular weight is 178 g/mol. The third-order valence-corrected chi connectivity index (χ3v) is 2.77. The first-order valence-corrected chi connectivity index (χ1v) is 5.76. The lowest BCUT2D eigenvalue weighted by molar-refractivity contribution is 0.752. The molecule has 0 bridgehead atoms. The molecule has 0 aromatic carbocycles. The maximum Gasteiger partial charge on any atom is -0.0130 e. The minimum Gasteiger partial charge on any atom is -0.0802 e. The van der Waals surface area contributed by atoms with Crippen LogP contribution in [0.15, 0.2) is 23.3 Å². The normalized spacial score (nSPS) is 15.8. The lowest BCUT2D eigenvalue weighted by atomic mass is 10.0. The molecule has 0 fully saturated rings. The molecule has 0 heteroatoms. The first-order valence-electron chi connectivity index (χ1n) is 5.76. The summed E-state index contributed by atoms with van der Waals surface area (Å²) < 4.78 is 0. The summed E-state index contributed by atoms with van der Waals surface area (Å²) in [6.45, 7) is 4.54. The second-order valence-corrected chi connectivity index (χ2v) is 3.94. The van der Waals surface area contributed by atoms with Crippen LogP contribution in [0.5, 0.6) is 0 Å². The van der Waals surface area contributed by atoms with Crippen molar-refractivity contribution in [3.05, 3.63) is 23.3 Å². The Hall–Kier alpha value is -0.520. The van der Waals surface area contributed by atoms with Crippen LogP contribution >= 0.6 is 0 Å². The summed E-state index contributed by atoms with van der Waals surface area (Å²) in [5.41, 5.74) is 3.37. The molecular formula is C13H22. The number of unbranched alkanes of at least 4 members (excludes halogenated alkanes) is 2. The standard InChI is InChI=1S/C13H22/c1-3-5-8-12-10-7-11-13(12)9-6-4-2/h7,10H,3-6,8-9,11H2,1-2H3. The zero-order valence-electron chi connectivity index (χ0n) is 9.10. The summed E-state index contributed by atoms with van der Waals surface area (Å²) in [6, 6.07) is 0. The molecule has 0 nitrogen and oxygen atoms in total. The van der Waals surface area contributed by atoms with Crippen LogP contribution in [-0.4, -0.2) is 0 Å². The van der Waals surface area contributed by atoms with Crippen LogP contribution in [0.4, 0.5) is 0 Å². The highest BCUT2D eigenvalue weighted by Crippen LogP contribution is 2.27. The van der Waals surface area contributed by atoms with Gasteiger partial charge in [0, 0.05) is 0 Å². The Balaban J connectivity index is 2.39. The Morgan fingerprint density at radius 3 is 2.46 bits per heavy atom. The van der Waals surface area contributed by atoms with Crippen LogP contribution in [-0.2, 0) is 0 Å². The van der Waals surface area contributed by atoms with Gasteiger partial charge >= 0.3 is 0 Å². The van der Waals surface area contributed by atoms with Crippen molar-refractivity contribution in [2.24, 2.45) is 0 Å². The zero-order valence-corrected chi connectivity index (χ0v) is 9.10. The van der Waals surface area contributed by atoms with Crippen LogP contribution in [0.25, 0.3) is 0 Å². The molecule has 0 saturated carbocycles. The molecule has 0 unspecified atom stereocenters. The van der Waals surface area contributed by atoms with E-state index in [0.29, 0.717) is 0 Å². The van der Waals surface area contributed by atoms with Gasteiger partial charge in [0.25, 0.3) is 0 Å². The van der Waals surface area contributed by atoms with E-state index < -0.39 is 0 Å². The van der Waals surface area contributed by atoms with Crippen LogP contribution in [0.3, 0.4) is 0 Å². The zero-order chi connectivity index (χ0) is 9.52. The molecular weight excluding hydrogens is 156 g/mol. The Labute approximate surface area is 82.7 Å². The maximum atomic E-state index is 2.35. The lowest BCUT2D eigenvalue weighted by Crippen LogP contribution is -1.86.